The Morgan fingerprint density at radius 2 is 1.30 bits per heavy atom. The zero-order valence-electron chi connectivity index (χ0n) is 13.1. The highest BCUT2D eigenvalue weighted by molar-refractivity contribution is 5.73. The van der Waals surface area contributed by atoms with Crippen molar-refractivity contribution in [3.05, 3.63) is 82.9 Å². The van der Waals surface area contributed by atoms with E-state index >= 15 is 0 Å². The molecule has 0 aliphatic carbocycles. The van der Waals surface area contributed by atoms with Crippen molar-refractivity contribution in [2.45, 2.75) is 19.4 Å². The van der Waals surface area contributed by atoms with Crippen molar-refractivity contribution in [2.75, 3.05) is 0 Å². The van der Waals surface area contributed by atoms with Crippen molar-refractivity contribution < 1.29 is 9.52 Å². The Morgan fingerprint density at radius 3 is 1.78 bits per heavy atom. The first kappa shape index (κ1) is 15.3. The van der Waals surface area contributed by atoms with Gasteiger partial charge in [-0.2, -0.15) is 0 Å². The molecule has 3 aromatic rings. The highest BCUT2D eigenvalue weighted by Crippen LogP contribution is 2.33. The molecule has 23 heavy (non-hydrogen) atoms. The number of rotatable bonds is 3. The number of hydrogen-bond donors (Lipinski definition) is 1. The first-order chi connectivity index (χ1) is 11.0. The van der Waals surface area contributed by atoms with Crippen LogP contribution in [0.3, 0.4) is 0 Å². The fourth-order valence-corrected chi connectivity index (χ4v) is 2.58. The molecule has 0 saturated heterocycles. The summed E-state index contributed by atoms with van der Waals surface area (Å²) in [6, 6.07) is 20.8. The van der Waals surface area contributed by atoms with Crippen LogP contribution in [0.25, 0.3) is 22.3 Å². The van der Waals surface area contributed by atoms with Gasteiger partial charge in [-0.25, -0.2) is 4.79 Å². The molecule has 0 bridgehead atoms. The van der Waals surface area contributed by atoms with Gasteiger partial charge in [-0.1, -0.05) is 60.7 Å². The maximum atomic E-state index is 12.4. The lowest BCUT2D eigenvalue weighted by Gasteiger charge is -2.20. The highest BCUT2D eigenvalue weighted by Gasteiger charge is 2.26. The van der Waals surface area contributed by atoms with E-state index < -0.39 is 11.2 Å². The van der Waals surface area contributed by atoms with Crippen molar-refractivity contribution in [3.8, 4) is 22.3 Å². The van der Waals surface area contributed by atoms with Crippen molar-refractivity contribution in [1.82, 2.24) is 0 Å². The van der Waals surface area contributed by atoms with Crippen LogP contribution in [0.4, 0.5) is 0 Å². The zero-order chi connectivity index (χ0) is 16.4. The van der Waals surface area contributed by atoms with Gasteiger partial charge < -0.3 is 9.52 Å². The largest absolute Gasteiger partial charge is 0.424 e. The third-order valence-corrected chi connectivity index (χ3v) is 3.67. The lowest BCUT2D eigenvalue weighted by molar-refractivity contribution is 0.0517. The van der Waals surface area contributed by atoms with Gasteiger partial charge in [0.05, 0.1) is 5.56 Å². The second-order valence-corrected chi connectivity index (χ2v) is 5.98. The second-order valence-electron chi connectivity index (χ2n) is 5.98. The van der Waals surface area contributed by atoms with Gasteiger partial charge in [-0.3, -0.25) is 0 Å². The van der Waals surface area contributed by atoms with E-state index in [0.29, 0.717) is 5.56 Å². The smallest absolute Gasteiger partial charge is 0.343 e. The standard InChI is InChI=1S/C20H18O3/c1-20(2,22)18-16(14-9-5-3-6-10-14)13-17(19(21)23-18)15-11-7-4-8-12-15/h3-13,22H,1-2H3. The molecule has 1 aromatic heterocycles. The molecule has 3 rings (SSSR count). The minimum absolute atomic E-state index is 0.272. The zero-order valence-corrected chi connectivity index (χ0v) is 13.1. The molecule has 0 fully saturated rings. The average molecular weight is 306 g/mol. The summed E-state index contributed by atoms with van der Waals surface area (Å²) in [6.45, 7) is 3.22. The second kappa shape index (κ2) is 5.86. The third-order valence-electron chi connectivity index (χ3n) is 3.67. The van der Waals surface area contributed by atoms with E-state index in [1.807, 2.05) is 60.7 Å². The summed E-state index contributed by atoms with van der Waals surface area (Å²) in [4.78, 5) is 12.4. The molecule has 1 heterocycles. The average Bonchev–Trinajstić information content (AvgIpc) is 2.55. The predicted molar refractivity (Wildman–Crippen MR) is 91.1 cm³/mol. The van der Waals surface area contributed by atoms with Crippen molar-refractivity contribution >= 4 is 0 Å². The lowest BCUT2D eigenvalue weighted by atomic mass is 9.94. The maximum absolute atomic E-state index is 12.4. The van der Waals surface area contributed by atoms with Gasteiger partial charge in [-0.15, -0.1) is 0 Å². The maximum Gasteiger partial charge on any atom is 0.343 e. The van der Waals surface area contributed by atoms with E-state index in [2.05, 4.69) is 0 Å². The molecule has 3 heteroatoms. The summed E-state index contributed by atoms with van der Waals surface area (Å²) in [5, 5.41) is 10.4. The number of aliphatic hydroxyl groups is 1. The first-order valence-corrected chi connectivity index (χ1v) is 7.48. The Bertz CT molecular complexity index is 857. The SMILES string of the molecule is CC(C)(O)c1oc(=O)c(-c2ccccc2)cc1-c1ccccc1. The Balaban J connectivity index is 2.29. The fourth-order valence-electron chi connectivity index (χ4n) is 2.58. The summed E-state index contributed by atoms with van der Waals surface area (Å²) in [5.41, 5.74) is 1.19. The molecule has 3 nitrogen and oxygen atoms in total. The molecule has 0 saturated carbocycles. The Kier molecular flexibility index (Phi) is 3.89. The van der Waals surface area contributed by atoms with Gasteiger partial charge >= 0.3 is 5.63 Å². The molecule has 0 amide bonds. The summed E-state index contributed by atoms with van der Waals surface area (Å²) in [5.74, 6) is 0.272. The third kappa shape index (κ3) is 3.10. The van der Waals surface area contributed by atoms with E-state index in [1.54, 1.807) is 19.9 Å². The summed E-state index contributed by atoms with van der Waals surface area (Å²) >= 11 is 0. The molecule has 2 aromatic carbocycles. The van der Waals surface area contributed by atoms with Gasteiger partial charge in [-0.05, 0) is 31.0 Å². The Hall–Kier alpha value is -2.65. The normalized spacial score (nSPS) is 11.4. The van der Waals surface area contributed by atoms with Crippen LogP contribution in [-0.4, -0.2) is 5.11 Å². The summed E-state index contributed by atoms with van der Waals surface area (Å²) < 4.78 is 5.51. The molecule has 0 atom stereocenters. The van der Waals surface area contributed by atoms with Crippen LogP contribution in [0, 0.1) is 0 Å². The number of benzene rings is 2. The van der Waals surface area contributed by atoms with Crippen LogP contribution in [-0.2, 0) is 5.60 Å². The Morgan fingerprint density at radius 1 is 0.826 bits per heavy atom. The first-order valence-electron chi connectivity index (χ1n) is 7.48. The predicted octanol–water partition coefficient (Wildman–Crippen LogP) is 4.20. The van der Waals surface area contributed by atoms with Crippen molar-refractivity contribution in [3.63, 3.8) is 0 Å². The molecule has 0 radical (unpaired) electrons. The molecule has 0 aliphatic rings. The van der Waals surface area contributed by atoms with Crippen LogP contribution in [0.5, 0.6) is 0 Å². The molecule has 0 spiro atoms. The van der Waals surface area contributed by atoms with Gasteiger partial charge in [0.15, 0.2) is 0 Å². The van der Waals surface area contributed by atoms with Gasteiger partial charge in [0, 0.05) is 5.56 Å². The minimum atomic E-state index is -1.25. The van der Waals surface area contributed by atoms with E-state index in [4.69, 9.17) is 4.42 Å². The van der Waals surface area contributed by atoms with Crippen molar-refractivity contribution in [1.29, 1.82) is 0 Å². The fraction of sp³-hybridized carbons (Fsp3) is 0.150. The molecular weight excluding hydrogens is 288 g/mol. The van der Waals surface area contributed by atoms with Gasteiger partial charge in [0.25, 0.3) is 0 Å². The van der Waals surface area contributed by atoms with Crippen molar-refractivity contribution in [2.24, 2.45) is 0 Å². The molecule has 116 valence electrons. The van der Waals surface area contributed by atoms with Crippen LogP contribution < -0.4 is 5.63 Å². The minimum Gasteiger partial charge on any atom is -0.424 e. The molecule has 0 aliphatic heterocycles. The number of hydrogen-bond acceptors (Lipinski definition) is 3. The van der Waals surface area contributed by atoms with Gasteiger partial charge in [0.1, 0.15) is 11.4 Å². The van der Waals surface area contributed by atoms with E-state index in [0.717, 1.165) is 16.7 Å². The summed E-state index contributed by atoms with van der Waals surface area (Å²) in [6.07, 6.45) is 0. The summed E-state index contributed by atoms with van der Waals surface area (Å²) in [7, 11) is 0. The molecular formula is C20H18O3. The monoisotopic (exact) mass is 306 g/mol. The Labute approximate surface area is 134 Å². The van der Waals surface area contributed by atoms with Crippen LogP contribution >= 0.6 is 0 Å². The highest BCUT2D eigenvalue weighted by atomic mass is 16.4. The molecule has 1 N–H and O–H groups in total. The van der Waals surface area contributed by atoms with E-state index in [9.17, 15) is 9.90 Å². The van der Waals surface area contributed by atoms with Crippen LogP contribution in [0.15, 0.2) is 75.9 Å². The quantitative estimate of drug-likeness (QED) is 0.789. The lowest BCUT2D eigenvalue weighted by Crippen LogP contribution is -2.20. The topological polar surface area (TPSA) is 50.4 Å². The van der Waals surface area contributed by atoms with Gasteiger partial charge in [0.2, 0.25) is 0 Å². The van der Waals surface area contributed by atoms with E-state index in [1.165, 1.54) is 0 Å². The molecule has 0 unspecified atom stereocenters. The van der Waals surface area contributed by atoms with Crippen LogP contribution in [0.1, 0.15) is 19.6 Å². The van der Waals surface area contributed by atoms with Crippen LogP contribution in [0.2, 0.25) is 0 Å². The van der Waals surface area contributed by atoms with E-state index in [-0.39, 0.29) is 5.76 Å².